The van der Waals surface area contributed by atoms with E-state index in [-0.39, 0.29) is 17.5 Å². The monoisotopic (exact) mass is 222 g/mol. The lowest BCUT2D eigenvalue weighted by Gasteiger charge is -2.23. The molecule has 1 amide bonds. The lowest BCUT2D eigenvalue weighted by molar-refractivity contribution is 0.0728. The third kappa shape index (κ3) is 1.92. The Kier molecular flexibility index (Phi) is 3.17. The summed E-state index contributed by atoms with van der Waals surface area (Å²) in [7, 11) is 0. The molecular formula is C12H15FN2O. The molecule has 1 aromatic heterocycles. The van der Waals surface area contributed by atoms with Crippen LogP contribution in [0, 0.1) is 5.95 Å². The quantitative estimate of drug-likeness (QED) is 0.719. The van der Waals surface area contributed by atoms with Crippen LogP contribution in [0.1, 0.15) is 36.5 Å². The molecule has 1 saturated heterocycles. The molecule has 1 unspecified atom stereocenters. The van der Waals surface area contributed by atoms with E-state index in [1.807, 2.05) is 0 Å². The molecule has 0 saturated carbocycles. The Morgan fingerprint density at radius 2 is 2.50 bits per heavy atom. The van der Waals surface area contributed by atoms with Crippen LogP contribution in [0.25, 0.3) is 0 Å². The van der Waals surface area contributed by atoms with Crippen molar-refractivity contribution in [3.05, 3.63) is 29.8 Å². The SMILES string of the molecule is CCC1CCCN1C(=O)c1cccnc1F. The van der Waals surface area contributed by atoms with E-state index < -0.39 is 5.95 Å². The van der Waals surface area contributed by atoms with Gasteiger partial charge in [0.05, 0.1) is 5.56 Å². The van der Waals surface area contributed by atoms with Crippen molar-refractivity contribution in [1.29, 1.82) is 0 Å². The molecule has 1 aliphatic heterocycles. The molecule has 2 rings (SSSR count). The minimum atomic E-state index is -0.672. The first-order valence-corrected chi connectivity index (χ1v) is 5.65. The highest BCUT2D eigenvalue weighted by molar-refractivity contribution is 5.94. The van der Waals surface area contributed by atoms with E-state index in [0.717, 1.165) is 25.8 Å². The van der Waals surface area contributed by atoms with Crippen molar-refractivity contribution in [3.63, 3.8) is 0 Å². The summed E-state index contributed by atoms with van der Waals surface area (Å²) in [5, 5.41) is 0. The summed E-state index contributed by atoms with van der Waals surface area (Å²) in [4.78, 5) is 17.4. The molecule has 3 nitrogen and oxygen atoms in total. The van der Waals surface area contributed by atoms with Gasteiger partial charge in [0.1, 0.15) is 0 Å². The summed E-state index contributed by atoms with van der Waals surface area (Å²) in [6, 6.07) is 3.34. The lowest BCUT2D eigenvalue weighted by Crippen LogP contribution is -2.35. The van der Waals surface area contributed by atoms with Gasteiger partial charge < -0.3 is 4.90 Å². The lowest BCUT2D eigenvalue weighted by atomic mass is 10.1. The van der Waals surface area contributed by atoms with E-state index in [4.69, 9.17) is 0 Å². The zero-order chi connectivity index (χ0) is 11.5. The van der Waals surface area contributed by atoms with Crippen LogP contribution in [0.2, 0.25) is 0 Å². The van der Waals surface area contributed by atoms with E-state index in [1.165, 1.54) is 12.3 Å². The number of nitrogens with zero attached hydrogens (tertiary/aromatic N) is 2. The van der Waals surface area contributed by atoms with Crippen molar-refractivity contribution >= 4 is 5.91 Å². The number of likely N-dealkylation sites (tertiary alicyclic amines) is 1. The predicted molar refractivity (Wildman–Crippen MR) is 58.5 cm³/mol. The van der Waals surface area contributed by atoms with Gasteiger partial charge in [-0.3, -0.25) is 4.79 Å². The Morgan fingerprint density at radius 3 is 3.19 bits per heavy atom. The molecule has 0 spiro atoms. The van der Waals surface area contributed by atoms with Gasteiger partial charge >= 0.3 is 0 Å². The molecule has 4 heteroatoms. The Hall–Kier alpha value is -1.45. The number of hydrogen-bond donors (Lipinski definition) is 0. The van der Waals surface area contributed by atoms with Crippen molar-refractivity contribution in [2.75, 3.05) is 6.54 Å². The first kappa shape index (κ1) is 11.0. The highest BCUT2D eigenvalue weighted by atomic mass is 19.1. The van der Waals surface area contributed by atoms with E-state index in [1.54, 1.807) is 11.0 Å². The van der Waals surface area contributed by atoms with E-state index >= 15 is 0 Å². The maximum atomic E-state index is 13.4. The van der Waals surface area contributed by atoms with Crippen LogP contribution in [0.4, 0.5) is 4.39 Å². The molecule has 1 aliphatic rings. The number of amides is 1. The summed E-state index contributed by atoms with van der Waals surface area (Å²) in [6.45, 7) is 2.78. The van der Waals surface area contributed by atoms with Gasteiger partial charge in [0, 0.05) is 18.8 Å². The fraction of sp³-hybridized carbons (Fsp3) is 0.500. The molecule has 0 bridgehead atoms. The molecule has 1 atom stereocenters. The van der Waals surface area contributed by atoms with Crippen molar-refractivity contribution < 1.29 is 9.18 Å². The largest absolute Gasteiger partial charge is 0.336 e. The number of halogens is 1. The van der Waals surface area contributed by atoms with Crippen LogP contribution < -0.4 is 0 Å². The van der Waals surface area contributed by atoms with Crippen LogP contribution >= 0.6 is 0 Å². The summed E-state index contributed by atoms with van der Waals surface area (Å²) in [5.74, 6) is -0.899. The summed E-state index contributed by atoms with van der Waals surface area (Å²) < 4.78 is 13.4. The summed E-state index contributed by atoms with van der Waals surface area (Å²) in [6.07, 6.45) is 4.30. The summed E-state index contributed by atoms with van der Waals surface area (Å²) in [5.41, 5.74) is 0.0860. The minimum Gasteiger partial charge on any atom is -0.336 e. The molecule has 0 aliphatic carbocycles. The standard InChI is InChI=1S/C12H15FN2O/c1-2-9-5-4-8-15(9)12(16)10-6-3-7-14-11(10)13/h3,6-7,9H,2,4-5,8H2,1H3. The zero-order valence-electron chi connectivity index (χ0n) is 9.32. The minimum absolute atomic E-state index is 0.0860. The molecule has 1 fully saturated rings. The Morgan fingerprint density at radius 1 is 1.69 bits per heavy atom. The van der Waals surface area contributed by atoms with Gasteiger partial charge in [0.15, 0.2) is 0 Å². The average Bonchev–Trinajstić information content (AvgIpc) is 2.77. The van der Waals surface area contributed by atoms with Crippen molar-refractivity contribution in [2.24, 2.45) is 0 Å². The molecule has 16 heavy (non-hydrogen) atoms. The predicted octanol–water partition coefficient (Wildman–Crippen LogP) is 2.24. The molecule has 86 valence electrons. The first-order chi connectivity index (χ1) is 7.74. The van der Waals surface area contributed by atoms with Crippen molar-refractivity contribution in [3.8, 4) is 0 Å². The van der Waals surface area contributed by atoms with Crippen LogP contribution in [0.15, 0.2) is 18.3 Å². The molecule has 0 aromatic carbocycles. The molecule has 0 radical (unpaired) electrons. The third-order valence-electron chi connectivity index (χ3n) is 3.10. The number of carbonyl (C=O) groups excluding carboxylic acids is 1. The molecule has 0 N–H and O–H groups in total. The second-order valence-electron chi connectivity index (χ2n) is 4.04. The van der Waals surface area contributed by atoms with Crippen LogP contribution in [0.5, 0.6) is 0 Å². The van der Waals surface area contributed by atoms with Crippen LogP contribution in [-0.2, 0) is 0 Å². The second kappa shape index (κ2) is 4.60. The number of pyridine rings is 1. The van der Waals surface area contributed by atoms with Gasteiger partial charge in [0.25, 0.3) is 5.91 Å². The van der Waals surface area contributed by atoms with Crippen LogP contribution in [0.3, 0.4) is 0 Å². The van der Waals surface area contributed by atoms with Gasteiger partial charge in [-0.25, -0.2) is 4.98 Å². The fourth-order valence-corrected chi connectivity index (χ4v) is 2.23. The van der Waals surface area contributed by atoms with E-state index in [2.05, 4.69) is 11.9 Å². The maximum Gasteiger partial charge on any atom is 0.258 e. The second-order valence-corrected chi connectivity index (χ2v) is 4.04. The smallest absolute Gasteiger partial charge is 0.258 e. The number of carbonyl (C=O) groups is 1. The van der Waals surface area contributed by atoms with Crippen molar-refractivity contribution in [1.82, 2.24) is 9.88 Å². The van der Waals surface area contributed by atoms with Gasteiger partial charge in [-0.05, 0) is 31.4 Å². The topological polar surface area (TPSA) is 33.2 Å². The van der Waals surface area contributed by atoms with E-state index in [9.17, 15) is 9.18 Å². The normalized spacial score (nSPS) is 20.1. The van der Waals surface area contributed by atoms with Crippen molar-refractivity contribution in [2.45, 2.75) is 32.2 Å². The number of rotatable bonds is 2. The van der Waals surface area contributed by atoms with Gasteiger partial charge in [-0.2, -0.15) is 4.39 Å². The zero-order valence-corrected chi connectivity index (χ0v) is 9.32. The van der Waals surface area contributed by atoms with Gasteiger partial charge in [-0.1, -0.05) is 6.92 Å². The molecule has 2 heterocycles. The Labute approximate surface area is 94.3 Å². The molecular weight excluding hydrogens is 207 g/mol. The van der Waals surface area contributed by atoms with Crippen LogP contribution in [-0.4, -0.2) is 28.4 Å². The maximum absolute atomic E-state index is 13.4. The Bertz CT molecular complexity index is 394. The third-order valence-corrected chi connectivity index (χ3v) is 3.10. The highest BCUT2D eigenvalue weighted by Gasteiger charge is 2.29. The fourth-order valence-electron chi connectivity index (χ4n) is 2.23. The molecule has 1 aromatic rings. The first-order valence-electron chi connectivity index (χ1n) is 5.65. The van der Waals surface area contributed by atoms with Gasteiger partial charge in [0.2, 0.25) is 5.95 Å². The number of hydrogen-bond acceptors (Lipinski definition) is 2. The number of aromatic nitrogens is 1. The highest BCUT2D eigenvalue weighted by Crippen LogP contribution is 2.22. The Balaban J connectivity index is 2.22. The van der Waals surface area contributed by atoms with Gasteiger partial charge in [-0.15, -0.1) is 0 Å². The van der Waals surface area contributed by atoms with E-state index in [0.29, 0.717) is 0 Å². The summed E-state index contributed by atoms with van der Waals surface area (Å²) >= 11 is 0. The average molecular weight is 222 g/mol.